The van der Waals surface area contributed by atoms with Gasteiger partial charge in [0, 0.05) is 15.9 Å². The molecule has 1 saturated carbocycles. The smallest absolute Gasteiger partial charge is 0.138 e. The van der Waals surface area contributed by atoms with Gasteiger partial charge < -0.3 is 4.74 Å². The molecule has 1 aromatic rings. The third kappa shape index (κ3) is 2.66. The molecule has 0 amide bonds. The maximum absolute atomic E-state index is 6.35. The van der Waals surface area contributed by atoms with Crippen LogP contribution in [0.3, 0.4) is 0 Å². The van der Waals surface area contributed by atoms with Crippen molar-refractivity contribution in [3.8, 4) is 5.75 Å². The lowest BCUT2D eigenvalue weighted by Crippen LogP contribution is -2.18. The van der Waals surface area contributed by atoms with Gasteiger partial charge in [-0.2, -0.15) is 0 Å². The summed E-state index contributed by atoms with van der Waals surface area (Å²) >= 11 is 16.4. The minimum Gasteiger partial charge on any atom is -0.495 e. The summed E-state index contributed by atoms with van der Waals surface area (Å²) in [5.41, 5.74) is 1.33. The summed E-state index contributed by atoms with van der Waals surface area (Å²) in [5.74, 6) is 0.627. The Hall–Kier alpha value is 0.0800. The third-order valence-corrected chi connectivity index (χ3v) is 6.12. The molecule has 0 radical (unpaired) electrons. The Morgan fingerprint density at radius 3 is 2.39 bits per heavy atom. The zero-order valence-electron chi connectivity index (χ0n) is 10.6. The lowest BCUT2D eigenvalue weighted by Gasteiger charge is -2.31. The van der Waals surface area contributed by atoms with Crippen molar-refractivity contribution in [3.05, 3.63) is 27.7 Å². The molecule has 18 heavy (non-hydrogen) atoms. The molecule has 1 unspecified atom stereocenters. The predicted molar refractivity (Wildman–Crippen MR) is 81.3 cm³/mol. The second kappa shape index (κ2) is 5.60. The molecule has 0 bridgehead atoms. The second-order valence-corrected chi connectivity index (χ2v) is 6.96. The fraction of sp³-hybridized carbons (Fsp3) is 0.571. The van der Waals surface area contributed by atoms with Crippen molar-refractivity contribution in [3.63, 3.8) is 0 Å². The monoisotopic (exact) mass is 350 g/mol. The second-order valence-electron chi connectivity index (χ2n) is 5.23. The van der Waals surface area contributed by atoms with Gasteiger partial charge in [0.2, 0.25) is 0 Å². The Morgan fingerprint density at radius 1 is 1.22 bits per heavy atom. The van der Waals surface area contributed by atoms with Crippen molar-refractivity contribution in [2.45, 2.75) is 37.4 Å². The highest BCUT2D eigenvalue weighted by Crippen LogP contribution is 2.53. The molecule has 4 heteroatoms. The van der Waals surface area contributed by atoms with Gasteiger partial charge in [0.25, 0.3) is 0 Å². The highest BCUT2D eigenvalue weighted by atomic mass is 79.9. The summed E-state index contributed by atoms with van der Waals surface area (Å²) in [6.45, 7) is 2.31. The first-order valence-corrected chi connectivity index (χ1v) is 7.82. The number of hydrogen-bond donors (Lipinski definition) is 0. The lowest BCUT2D eigenvalue weighted by molar-refractivity contribution is 0.331. The summed E-state index contributed by atoms with van der Waals surface area (Å²) < 4.78 is 5.18. The summed E-state index contributed by atoms with van der Waals surface area (Å²) in [7, 11) is 1.60. The van der Waals surface area contributed by atoms with Crippen LogP contribution >= 0.6 is 39.1 Å². The van der Waals surface area contributed by atoms with Gasteiger partial charge in [-0.05, 0) is 29.9 Å². The van der Waals surface area contributed by atoms with Gasteiger partial charge in [-0.3, -0.25) is 0 Å². The summed E-state index contributed by atoms with van der Waals surface area (Å²) in [5, 5.41) is 1.33. The van der Waals surface area contributed by atoms with Gasteiger partial charge in [0.05, 0.1) is 12.1 Å². The van der Waals surface area contributed by atoms with Crippen molar-refractivity contribution >= 4 is 39.1 Å². The van der Waals surface area contributed by atoms with Gasteiger partial charge in [0.1, 0.15) is 5.75 Å². The van der Waals surface area contributed by atoms with Crippen LogP contribution in [0.5, 0.6) is 5.75 Å². The van der Waals surface area contributed by atoms with E-state index < -0.39 is 0 Å². The van der Waals surface area contributed by atoms with Crippen LogP contribution < -0.4 is 4.74 Å². The Labute approximate surface area is 127 Å². The van der Waals surface area contributed by atoms with E-state index >= 15 is 0 Å². The van der Waals surface area contributed by atoms with Gasteiger partial charge in [0.15, 0.2) is 0 Å². The minimum atomic E-state index is 0.239. The van der Waals surface area contributed by atoms with Crippen molar-refractivity contribution in [1.29, 1.82) is 0 Å². The molecule has 0 spiro atoms. The van der Waals surface area contributed by atoms with Crippen LogP contribution in [-0.2, 0) is 0 Å². The fourth-order valence-corrected chi connectivity index (χ4v) is 4.19. The van der Waals surface area contributed by atoms with Crippen molar-refractivity contribution in [2.75, 3.05) is 7.11 Å². The maximum atomic E-state index is 6.35. The predicted octanol–water partition coefficient (Wildman–Crippen LogP) is 6.02. The van der Waals surface area contributed by atoms with Crippen molar-refractivity contribution in [2.24, 2.45) is 5.41 Å². The largest absolute Gasteiger partial charge is 0.495 e. The molecule has 1 nitrogen and oxygen atoms in total. The molecule has 1 aliphatic carbocycles. The average molecular weight is 352 g/mol. The van der Waals surface area contributed by atoms with Crippen LogP contribution in [-0.4, -0.2) is 7.11 Å². The van der Waals surface area contributed by atoms with Gasteiger partial charge in [-0.25, -0.2) is 0 Å². The average Bonchev–Trinajstić information content (AvgIpc) is 2.79. The fourth-order valence-electron chi connectivity index (χ4n) is 2.71. The van der Waals surface area contributed by atoms with E-state index in [9.17, 15) is 0 Å². The van der Waals surface area contributed by atoms with E-state index in [4.69, 9.17) is 27.9 Å². The van der Waals surface area contributed by atoms with E-state index in [1.54, 1.807) is 13.2 Å². The Bertz CT molecular complexity index is 442. The lowest BCUT2D eigenvalue weighted by atomic mass is 9.82. The summed E-state index contributed by atoms with van der Waals surface area (Å²) in [4.78, 5) is 0.239. The summed E-state index contributed by atoms with van der Waals surface area (Å²) in [6, 6.07) is 3.72. The first-order chi connectivity index (χ1) is 8.48. The molecular weight excluding hydrogens is 335 g/mol. The van der Waals surface area contributed by atoms with Crippen LogP contribution in [0.25, 0.3) is 0 Å². The van der Waals surface area contributed by atoms with Crippen LogP contribution in [0.2, 0.25) is 10.0 Å². The van der Waals surface area contributed by atoms with Crippen LogP contribution in [0.15, 0.2) is 12.1 Å². The van der Waals surface area contributed by atoms with Crippen LogP contribution in [0.1, 0.15) is 43.0 Å². The topological polar surface area (TPSA) is 9.23 Å². The molecule has 1 aromatic carbocycles. The number of hydrogen-bond acceptors (Lipinski definition) is 1. The number of alkyl halides is 1. The van der Waals surface area contributed by atoms with E-state index in [0.29, 0.717) is 15.8 Å². The number of ether oxygens (including phenoxy) is 1. The number of rotatable bonds is 3. The molecule has 2 rings (SSSR count). The zero-order valence-corrected chi connectivity index (χ0v) is 13.7. The molecule has 1 aliphatic rings. The van der Waals surface area contributed by atoms with E-state index in [-0.39, 0.29) is 10.2 Å². The SMILES string of the molecule is COc1cc(Cl)c(C(Br)C2(C)CCCC2)cc1Cl. The standard InChI is InChI=1S/C14H17BrCl2O/c1-14(5-3-4-6-14)13(15)9-7-11(17)12(18-2)8-10(9)16/h7-8,13H,3-6H2,1-2H3. The molecule has 0 aliphatic heterocycles. The van der Waals surface area contributed by atoms with E-state index in [2.05, 4.69) is 22.9 Å². The van der Waals surface area contributed by atoms with Gasteiger partial charge in [-0.15, -0.1) is 0 Å². The maximum Gasteiger partial charge on any atom is 0.138 e. The number of benzene rings is 1. The zero-order chi connectivity index (χ0) is 13.3. The van der Waals surface area contributed by atoms with Crippen LogP contribution in [0.4, 0.5) is 0 Å². The molecule has 0 N–H and O–H groups in total. The normalized spacial score (nSPS) is 19.8. The highest BCUT2D eigenvalue weighted by molar-refractivity contribution is 9.09. The first kappa shape index (κ1) is 14.5. The van der Waals surface area contributed by atoms with Gasteiger partial charge in [-0.1, -0.05) is 58.9 Å². The Kier molecular flexibility index (Phi) is 4.51. The van der Waals surface area contributed by atoms with Crippen molar-refractivity contribution < 1.29 is 4.74 Å². The molecule has 0 saturated heterocycles. The minimum absolute atomic E-state index is 0.239. The van der Waals surface area contributed by atoms with Crippen molar-refractivity contribution in [1.82, 2.24) is 0 Å². The third-order valence-electron chi connectivity index (χ3n) is 3.90. The number of halogens is 3. The molecule has 1 atom stereocenters. The molecule has 0 heterocycles. The Balaban J connectivity index is 2.36. The highest BCUT2D eigenvalue weighted by Gasteiger charge is 2.37. The molecule has 0 aromatic heterocycles. The summed E-state index contributed by atoms with van der Waals surface area (Å²) in [6.07, 6.45) is 5.03. The Morgan fingerprint density at radius 2 is 1.83 bits per heavy atom. The molecule has 1 fully saturated rings. The molecular formula is C14H17BrCl2O. The first-order valence-electron chi connectivity index (χ1n) is 6.15. The quantitative estimate of drug-likeness (QED) is 0.605. The van der Waals surface area contributed by atoms with E-state index in [1.807, 2.05) is 6.07 Å². The number of methoxy groups -OCH3 is 1. The van der Waals surface area contributed by atoms with E-state index in [1.165, 1.54) is 25.7 Å². The molecule has 100 valence electrons. The van der Waals surface area contributed by atoms with E-state index in [0.717, 1.165) is 5.56 Å². The van der Waals surface area contributed by atoms with Gasteiger partial charge >= 0.3 is 0 Å². The van der Waals surface area contributed by atoms with Crippen LogP contribution in [0, 0.1) is 5.41 Å².